The quantitative estimate of drug-likeness (QED) is 0.788. The van der Waals surface area contributed by atoms with Crippen molar-refractivity contribution in [2.24, 2.45) is 22.7 Å². The molecule has 1 aliphatic heterocycles. The topological polar surface area (TPSA) is 54.5 Å². The highest BCUT2D eigenvalue weighted by Crippen LogP contribution is 2.58. The monoisotopic (exact) mass is 301 g/mol. The van der Waals surface area contributed by atoms with Gasteiger partial charge in [-0.15, -0.1) is 0 Å². The summed E-state index contributed by atoms with van der Waals surface area (Å²) >= 11 is 0. The van der Waals surface area contributed by atoms with E-state index in [0.29, 0.717) is 13.0 Å². The lowest BCUT2D eigenvalue weighted by atomic mass is 9.67. The normalized spacial score (nSPS) is 35.1. The van der Waals surface area contributed by atoms with Crippen molar-refractivity contribution in [3.8, 4) is 0 Å². The van der Waals surface area contributed by atoms with E-state index >= 15 is 0 Å². The Morgan fingerprint density at radius 2 is 1.90 bits per heavy atom. The lowest BCUT2D eigenvalue weighted by Gasteiger charge is -2.38. The van der Waals surface area contributed by atoms with Crippen molar-refractivity contribution in [2.45, 2.75) is 53.9 Å². The SMILES string of the molecule is CC(C)CC(=O)N1CC2CC[C@@](C)(CS1(=O)=O)C2(C)C. The first-order valence-corrected chi connectivity index (χ1v) is 9.14. The molecule has 1 aliphatic carbocycles. The molecule has 4 nitrogen and oxygen atoms in total. The van der Waals surface area contributed by atoms with Crippen molar-refractivity contribution in [1.82, 2.24) is 4.31 Å². The second-order valence-corrected chi connectivity index (χ2v) is 9.69. The van der Waals surface area contributed by atoms with E-state index in [-0.39, 0.29) is 34.3 Å². The van der Waals surface area contributed by atoms with E-state index in [1.54, 1.807) is 0 Å². The van der Waals surface area contributed by atoms with Crippen molar-refractivity contribution in [3.63, 3.8) is 0 Å². The highest BCUT2D eigenvalue weighted by atomic mass is 32.2. The molecule has 2 aliphatic rings. The smallest absolute Gasteiger partial charge is 0.237 e. The lowest BCUT2D eigenvalue weighted by molar-refractivity contribution is -0.127. The largest absolute Gasteiger partial charge is 0.274 e. The van der Waals surface area contributed by atoms with E-state index in [9.17, 15) is 13.2 Å². The molecule has 2 rings (SSSR count). The van der Waals surface area contributed by atoms with Crippen molar-refractivity contribution in [1.29, 1.82) is 0 Å². The molecule has 2 atom stereocenters. The average Bonchev–Trinajstić information content (AvgIpc) is 2.41. The Labute approximate surface area is 123 Å². The number of fused-ring (bicyclic) bond motifs is 2. The minimum Gasteiger partial charge on any atom is -0.274 e. The molecule has 0 aromatic rings. The standard InChI is InChI=1S/C15H27NO3S/c1-11(2)8-13(17)16-9-12-6-7-15(5,14(12,3)4)10-20(16,18)19/h11-12H,6-10H2,1-5H3/t12?,15-/m0/s1. The number of carbonyl (C=O) groups is 1. The molecule has 0 spiro atoms. The van der Waals surface area contributed by atoms with Gasteiger partial charge in [0.1, 0.15) is 0 Å². The maximum atomic E-state index is 12.6. The van der Waals surface area contributed by atoms with Gasteiger partial charge in [-0.25, -0.2) is 12.7 Å². The number of amides is 1. The van der Waals surface area contributed by atoms with Crippen LogP contribution in [0, 0.1) is 22.7 Å². The van der Waals surface area contributed by atoms with Crippen LogP contribution < -0.4 is 0 Å². The van der Waals surface area contributed by atoms with Gasteiger partial charge in [0.15, 0.2) is 0 Å². The Balaban J connectivity index is 2.36. The van der Waals surface area contributed by atoms with Gasteiger partial charge in [0.25, 0.3) is 0 Å². The van der Waals surface area contributed by atoms with Crippen molar-refractivity contribution >= 4 is 15.9 Å². The van der Waals surface area contributed by atoms with Crippen LogP contribution in [0.5, 0.6) is 0 Å². The fourth-order valence-corrected chi connectivity index (χ4v) is 6.02. The van der Waals surface area contributed by atoms with Gasteiger partial charge in [0.05, 0.1) is 5.75 Å². The number of carbonyl (C=O) groups excluding carboxylic acids is 1. The zero-order valence-corrected chi connectivity index (χ0v) is 14.1. The third-order valence-electron chi connectivity index (χ3n) is 5.70. The maximum Gasteiger partial charge on any atom is 0.237 e. The number of nitrogens with zero attached hydrogens (tertiary/aromatic N) is 1. The van der Waals surface area contributed by atoms with Crippen LogP contribution in [0.25, 0.3) is 0 Å². The molecule has 0 radical (unpaired) electrons. The summed E-state index contributed by atoms with van der Waals surface area (Å²) < 4.78 is 26.4. The zero-order chi connectivity index (χ0) is 15.3. The van der Waals surface area contributed by atoms with E-state index < -0.39 is 10.0 Å². The van der Waals surface area contributed by atoms with Crippen LogP contribution in [0.15, 0.2) is 0 Å². The van der Waals surface area contributed by atoms with Gasteiger partial charge in [-0.3, -0.25) is 4.79 Å². The van der Waals surface area contributed by atoms with E-state index in [1.807, 2.05) is 13.8 Å². The third kappa shape index (κ3) is 2.38. The first-order chi connectivity index (χ1) is 8.99. The Kier molecular flexibility index (Phi) is 3.73. The Bertz CT molecular complexity index is 509. The van der Waals surface area contributed by atoms with Gasteiger partial charge in [0.2, 0.25) is 15.9 Å². The fourth-order valence-electron chi connectivity index (χ4n) is 3.75. The molecule has 2 fully saturated rings. The zero-order valence-electron chi connectivity index (χ0n) is 13.3. The van der Waals surface area contributed by atoms with Crippen LogP contribution in [0.1, 0.15) is 53.9 Å². The van der Waals surface area contributed by atoms with E-state index in [2.05, 4.69) is 20.8 Å². The summed E-state index contributed by atoms with van der Waals surface area (Å²) in [6.45, 7) is 10.7. The molecule has 2 bridgehead atoms. The first kappa shape index (κ1) is 15.8. The van der Waals surface area contributed by atoms with E-state index in [0.717, 1.165) is 12.8 Å². The van der Waals surface area contributed by atoms with Crippen molar-refractivity contribution in [2.75, 3.05) is 12.3 Å². The van der Waals surface area contributed by atoms with Crippen LogP contribution in [0.3, 0.4) is 0 Å². The molecule has 1 amide bonds. The Morgan fingerprint density at radius 1 is 1.30 bits per heavy atom. The molecular formula is C15H27NO3S. The second-order valence-electron chi connectivity index (χ2n) is 7.80. The predicted octanol–water partition coefficient (Wildman–Crippen LogP) is 2.65. The highest BCUT2D eigenvalue weighted by Gasteiger charge is 2.57. The summed E-state index contributed by atoms with van der Waals surface area (Å²) in [5.41, 5.74) is -0.254. The van der Waals surface area contributed by atoms with Gasteiger partial charge >= 0.3 is 0 Å². The van der Waals surface area contributed by atoms with Crippen molar-refractivity contribution in [3.05, 3.63) is 0 Å². The molecule has 0 aromatic heterocycles. The molecule has 116 valence electrons. The molecule has 1 unspecified atom stereocenters. The molecule has 1 saturated heterocycles. The molecular weight excluding hydrogens is 274 g/mol. The predicted molar refractivity (Wildman–Crippen MR) is 79.6 cm³/mol. The number of sulfonamides is 1. The fraction of sp³-hybridized carbons (Fsp3) is 0.933. The molecule has 5 heteroatoms. The van der Waals surface area contributed by atoms with Gasteiger partial charge in [-0.2, -0.15) is 0 Å². The average molecular weight is 301 g/mol. The van der Waals surface area contributed by atoms with Gasteiger partial charge < -0.3 is 0 Å². The minimum atomic E-state index is -3.48. The molecule has 1 heterocycles. The second kappa shape index (κ2) is 4.72. The minimum absolute atomic E-state index is 0.0348. The summed E-state index contributed by atoms with van der Waals surface area (Å²) in [6, 6.07) is 0. The summed E-state index contributed by atoms with van der Waals surface area (Å²) in [4.78, 5) is 12.3. The van der Waals surface area contributed by atoms with Crippen LogP contribution in [-0.4, -0.2) is 30.9 Å². The van der Waals surface area contributed by atoms with Crippen LogP contribution >= 0.6 is 0 Å². The Morgan fingerprint density at radius 3 is 2.45 bits per heavy atom. The van der Waals surface area contributed by atoms with Crippen LogP contribution in [-0.2, 0) is 14.8 Å². The summed E-state index contributed by atoms with van der Waals surface area (Å²) in [5, 5.41) is 0. The van der Waals surface area contributed by atoms with Gasteiger partial charge in [-0.05, 0) is 35.5 Å². The Hall–Kier alpha value is -0.580. The van der Waals surface area contributed by atoms with Gasteiger partial charge in [-0.1, -0.05) is 34.6 Å². The van der Waals surface area contributed by atoms with E-state index in [1.165, 1.54) is 4.31 Å². The summed E-state index contributed by atoms with van der Waals surface area (Å²) in [5.74, 6) is 0.336. The summed E-state index contributed by atoms with van der Waals surface area (Å²) in [6.07, 6.45) is 2.27. The maximum absolute atomic E-state index is 12.6. The van der Waals surface area contributed by atoms with Crippen LogP contribution in [0.4, 0.5) is 0 Å². The summed E-state index contributed by atoms with van der Waals surface area (Å²) in [7, 11) is -3.48. The van der Waals surface area contributed by atoms with Gasteiger partial charge in [0, 0.05) is 13.0 Å². The highest BCUT2D eigenvalue weighted by molar-refractivity contribution is 7.89. The number of hydrogen-bond acceptors (Lipinski definition) is 3. The first-order valence-electron chi connectivity index (χ1n) is 7.53. The third-order valence-corrected chi connectivity index (χ3v) is 7.73. The van der Waals surface area contributed by atoms with E-state index in [4.69, 9.17) is 0 Å². The van der Waals surface area contributed by atoms with Crippen molar-refractivity contribution < 1.29 is 13.2 Å². The molecule has 20 heavy (non-hydrogen) atoms. The van der Waals surface area contributed by atoms with Crippen LogP contribution in [0.2, 0.25) is 0 Å². The lowest BCUT2D eigenvalue weighted by Crippen LogP contribution is -2.42. The number of rotatable bonds is 2. The molecule has 0 aromatic carbocycles. The number of hydrogen-bond donors (Lipinski definition) is 0. The molecule has 0 N–H and O–H groups in total. The molecule has 1 saturated carbocycles.